The number of ether oxygens (including phenoxy) is 2. The van der Waals surface area contributed by atoms with E-state index >= 15 is 0 Å². The van der Waals surface area contributed by atoms with Crippen molar-refractivity contribution in [2.75, 3.05) is 44.7 Å². The summed E-state index contributed by atoms with van der Waals surface area (Å²) in [7, 11) is 2.14. The monoisotopic (exact) mass is 531 g/mol. The van der Waals surface area contributed by atoms with Crippen molar-refractivity contribution in [2.24, 2.45) is 0 Å². The van der Waals surface area contributed by atoms with Gasteiger partial charge < -0.3 is 29.5 Å². The van der Waals surface area contributed by atoms with E-state index in [9.17, 15) is 10.1 Å². The Morgan fingerprint density at radius 2 is 2.03 bits per heavy atom. The zero-order valence-corrected chi connectivity index (χ0v) is 22.6. The summed E-state index contributed by atoms with van der Waals surface area (Å²) >= 11 is 0. The standard InChI is InChI=1S/C29H37N7O3/c1-34-13-5-8-23(34)20-38-27-32-25-17-31-29(10-11-29)16-24(25)26(33-27)35-14-15-36(22(18-35)9-12-30)28(37)39-19-21-6-3-2-4-7-21/h2-4,6-7,22-23,31H,5,8-11,13-20H2,1H3/t22-,23-/m0/s1. The molecule has 3 aliphatic heterocycles. The van der Waals surface area contributed by atoms with Crippen molar-refractivity contribution in [1.29, 1.82) is 5.26 Å². The van der Waals surface area contributed by atoms with Gasteiger partial charge in [0.2, 0.25) is 0 Å². The van der Waals surface area contributed by atoms with Gasteiger partial charge in [0.25, 0.3) is 0 Å². The molecule has 1 amide bonds. The molecule has 1 saturated carbocycles. The van der Waals surface area contributed by atoms with Crippen LogP contribution in [0.5, 0.6) is 6.01 Å². The minimum Gasteiger partial charge on any atom is -0.462 e. The highest BCUT2D eigenvalue weighted by atomic mass is 16.6. The van der Waals surface area contributed by atoms with Gasteiger partial charge in [0, 0.05) is 43.3 Å². The number of nitrogens with one attached hydrogen (secondary N) is 1. The van der Waals surface area contributed by atoms with E-state index in [4.69, 9.17) is 19.4 Å². The lowest BCUT2D eigenvalue weighted by molar-refractivity contribution is 0.0767. The number of likely N-dealkylation sites (tertiary alicyclic amines) is 1. The van der Waals surface area contributed by atoms with Crippen molar-refractivity contribution >= 4 is 11.9 Å². The van der Waals surface area contributed by atoms with Crippen LogP contribution in [0.2, 0.25) is 0 Å². The molecule has 0 bridgehead atoms. The summed E-state index contributed by atoms with van der Waals surface area (Å²) in [4.78, 5) is 29.1. The van der Waals surface area contributed by atoms with Gasteiger partial charge in [-0.15, -0.1) is 0 Å². The van der Waals surface area contributed by atoms with Crippen molar-refractivity contribution in [3.8, 4) is 12.1 Å². The summed E-state index contributed by atoms with van der Waals surface area (Å²) < 4.78 is 11.8. The largest absolute Gasteiger partial charge is 0.462 e. The molecule has 3 fully saturated rings. The number of carbonyl (C=O) groups excluding carboxylic acids is 1. The Balaban J connectivity index is 1.20. The van der Waals surface area contributed by atoms with Gasteiger partial charge in [-0.3, -0.25) is 0 Å². The van der Waals surface area contributed by atoms with Crippen molar-refractivity contribution in [2.45, 2.75) is 69.3 Å². The molecule has 2 atom stereocenters. The number of rotatable bonds is 7. The molecule has 1 spiro atoms. The van der Waals surface area contributed by atoms with Gasteiger partial charge in [-0.2, -0.15) is 15.2 Å². The quantitative estimate of drug-likeness (QED) is 0.577. The zero-order chi connectivity index (χ0) is 26.8. The third kappa shape index (κ3) is 5.65. The Kier molecular flexibility index (Phi) is 7.28. The fraction of sp³-hybridized carbons (Fsp3) is 0.586. The van der Waals surface area contributed by atoms with Crippen LogP contribution in [0, 0.1) is 11.3 Å². The maximum atomic E-state index is 13.0. The van der Waals surface area contributed by atoms with Crippen molar-refractivity contribution in [1.82, 2.24) is 25.1 Å². The Hall–Kier alpha value is -3.42. The van der Waals surface area contributed by atoms with Gasteiger partial charge in [-0.1, -0.05) is 30.3 Å². The highest BCUT2D eigenvalue weighted by Gasteiger charge is 2.47. The summed E-state index contributed by atoms with van der Waals surface area (Å²) in [5.74, 6) is 0.891. The van der Waals surface area contributed by atoms with Crippen molar-refractivity contribution in [3.05, 3.63) is 47.2 Å². The first kappa shape index (κ1) is 25.8. The zero-order valence-electron chi connectivity index (χ0n) is 22.6. The molecule has 206 valence electrons. The van der Waals surface area contributed by atoms with E-state index in [1.54, 1.807) is 4.90 Å². The molecule has 1 aliphatic carbocycles. The molecule has 2 saturated heterocycles. The molecule has 1 aromatic heterocycles. The molecular weight excluding hydrogens is 494 g/mol. The second kappa shape index (κ2) is 11.0. The smallest absolute Gasteiger partial charge is 0.410 e. The molecule has 39 heavy (non-hydrogen) atoms. The maximum Gasteiger partial charge on any atom is 0.410 e. The first-order valence-electron chi connectivity index (χ1n) is 14.1. The fourth-order valence-electron chi connectivity index (χ4n) is 6.06. The molecule has 10 heteroatoms. The number of amides is 1. The summed E-state index contributed by atoms with van der Waals surface area (Å²) in [6.07, 6.45) is 5.38. The van der Waals surface area contributed by atoms with Gasteiger partial charge in [0.05, 0.1) is 24.2 Å². The third-order valence-electron chi connectivity index (χ3n) is 8.68. The number of nitrogens with zero attached hydrogens (tertiary/aromatic N) is 6. The number of piperazine rings is 1. The van der Waals surface area contributed by atoms with E-state index in [0.717, 1.165) is 49.3 Å². The van der Waals surface area contributed by atoms with E-state index < -0.39 is 0 Å². The first-order chi connectivity index (χ1) is 19.0. The van der Waals surface area contributed by atoms with Crippen LogP contribution in [0.25, 0.3) is 0 Å². The number of fused-ring (bicyclic) bond motifs is 1. The predicted molar refractivity (Wildman–Crippen MR) is 145 cm³/mol. The minimum atomic E-state index is -0.380. The van der Waals surface area contributed by atoms with Crippen LogP contribution < -0.4 is 15.0 Å². The predicted octanol–water partition coefficient (Wildman–Crippen LogP) is 2.87. The van der Waals surface area contributed by atoms with Crippen LogP contribution in [0.3, 0.4) is 0 Å². The lowest BCUT2D eigenvalue weighted by Crippen LogP contribution is -2.56. The lowest BCUT2D eigenvalue weighted by Gasteiger charge is -2.41. The second-order valence-electron chi connectivity index (χ2n) is 11.3. The normalized spacial score (nSPS) is 23.8. The van der Waals surface area contributed by atoms with Crippen LogP contribution in [0.4, 0.5) is 10.6 Å². The summed E-state index contributed by atoms with van der Waals surface area (Å²) in [6.45, 7) is 4.17. The number of aromatic nitrogens is 2. The van der Waals surface area contributed by atoms with E-state index in [1.807, 2.05) is 30.3 Å². The number of hydrogen-bond donors (Lipinski definition) is 1. The number of anilines is 1. The SMILES string of the molecule is CN1CCC[C@H]1COc1nc2c(c(N3CCN(C(=O)OCc4ccccc4)[C@@H](CC#N)C3)n1)CC1(CC1)NC2. The average Bonchev–Trinajstić information content (AvgIpc) is 3.58. The first-order valence-corrected chi connectivity index (χ1v) is 14.1. The highest BCUT2D eigenvalue weighted by molar-refractivity contribution is 5.69. The van der Waals surface area contributed by atoms with Crippen LogP contribution in [0.15, 0.2) is 30.3 Å². The van der Waals surface area contributed by atoms with Crippen LogP contribution in [0.1, 0.15) is 48.9 Å². The van der Waals surface area contributed by atoms with E-state index in [1.165, 1.54) is 12.0 Å². The molecule has 1 N–H and O–H groups in total. The van der Waals surface area contributed by atoms with Crippen LogP contribution in [-0.2, 0) is 24.3 Å². The molecular formula is C29H37N7O3. The third-order valence-corrected chi connectivity index (χ3v) is 8.68. The highest BCUT2D eigenvalue weighted by Crippen LogP contribution is 2.44. The number of hydrogen-bond acceptors (Lipinski definition) is 9. The number of benzene rings is 1. The van der Waals surface area contributed by atoms with E-state index in [0.29, 0.717) is 44.8 Å². The summed E-state index contributed by atoms with van der Waals surface area (Å²) in [6, 6.07) is 12.4. The molecule has 0 radical (unpaired) electrons. The van der Waals surface area contributed by atoms with Crippen molar-refractivity contribution < 1.29 is 14.3 Å². The molecule has 6 rings (SSSR count). The Morgan fingerprint density at radius 1 is 1.18 bits per heavy atom. The number of carbonyl (C=O) groups is 1. The van der Waals surface area contributed by atoms with E-state index in [-0.39, 0.29) is 30.7 Å². The Labute approximate surface area is 229 Å². The minimum absolute atomic E-state index is 0.162. The summed E-state index contributed by atoms with van der Waals surface area (Å²) in [5.41, 5.74) is 3.27. The van der Waals surface area contributed by atoms with Gasteiger partial charge in [-0.05, 0) is 51.3 Å². The Morgan fingerprint density at radius 3 is 2.77 bits per heavy atom. The second-order valence-corrected chi connectivity index (χ2v) is 11.3. The fourth-order valence-corrected chi connectivity index (χ4v) is 6.06. The molecule has 2 aromatic rings. The molecule has 10 nitrogen and oxygen atoms in total. The van der Waals surface area contributed by atoms with Gasteiger partial charge in [-0.25, -0.2) is 4.79 Å². The van der Waals surface area contributed by atoms with Crippen LogP contribution in [-0.4, -0.2) is 83.3 Å². The molecule has 0 unspecified atom stereocenters. The van der Waals surface area contributed by atoms with Crippen LogP contribution >= 0.6 is 0 Å². The van der Waals surface area contributed by atoms with E-state index in [2.05, 4.69) is 28.2 Å². The average molecular weight is 532 g/mol. The molecule has 4 heterocycles. The number of likely N-dealkylation sites (N-methyl/N-ethyl adjacent to an activating group) is 1. The molecule has 4 aliphatic rings. The van der Waals surface area contributed by atoms with Gasteiger partial charge in [0.1, 0.15) is 19.0 Å². The van der Waals surface area contributed by atoms with Crippen molar-refractivity contribution in [3.63, 3.8) is 0 Å². The summed E-state index contributed by atoms with van der Waals surface area (Å²) in [5, 5.41) is 13.3. The van der Waals surface area contributed by atoms with Gasteiger partial charge >= 0.3 is 12.1 Å². The lowest BCUT2D eigenvalue weighted by atomic mass is 9.97. The number of nitriles is 1. The molecule has 1 aromatic carbocycles. The van der Waals surface area contributed by atoms with Gasteiger partial charge in [0.15, 0.2) is 0 Å². The maximum absolute atomic E-state index is 13.0. The Bertz CT molecular complexity index is 1230. The topological polar surface area (TPSA) is 107 Å².